The Kier molecular flexibility index (Phi) is 7.68. The van der Waals surface area contributed by atoms with Crippen LogP contribution in [0.4, 0.5) is 22.0 Å². The average molecular weight is 580 g/mol. The van der Waals surface area contributed by atoms with Crippen LogP contribution >= 0.6 is 0 Å². The van der Waals surface area contributed by atoms with Crippen molar-refractivity contribution < 1.29 is 31.5 Å². The first-order valence-corrected chi connectivity index (χ1v) is 13.5. The van der Waals surface area contributed by atoms with E-state index in [2.05, 4.69) is 20.4 Å². The molecule has 3 aromatic heterocycles. The Hall–Kier alpha value is -3.71. The highest BCUT2D eigenvalue weighted by Gasteiger charge is 2.41. The number of aromatic nitrogens is 5. The molecule has 14 heteroatoms. The number of nitrogens with one attached hydrogen (secondary N) is 1. The number of carbonyl (C=O) groups is 2. The smallest absolute Gasteiger partial charge is 0.365 e. The third kappa shape index (κ3) is 6.79. The topological polar surface area (TPSA) is 128 Å². The summed E-state index contributed by atoms with van der Waals surface area (Å²) in [4.78, 5) is 37.6. The van der Waals surface area contributed by atoms with Crippen LogP contribution in [0.2, 0.25) is 0 Å². The molecular weight excluding hydrogens is 549 g/mol. The molecule has 0 saturated heterocycles. The van der Waals surface area contributed by atoms with Gasteiger partial charge in [-0.15, -0.1) is 0 Å². The summed E-state index contributed by atoms with van der Waals surface area (Å²) < 4.78 is 67.3. The van der Waals surface area contributed by atoms with Crippen LogP contribution in [0.1, 0.15) is 96.5 Å². The van der Waals surface area contributed by atoms with E-state index in [4.69, 9.17) is 10.7 Å². The average Bonchev–Trinajstić information content (AvgIpc) is 3.65. The van der Waals surface area contributed by atoms with Crippen molar-refractivity contribution in [3.05, 3.63) is 53.0 Å². The number of primary amides is 1. The molecule has 2 fully saturated rings. The number of hydrogen-bond acceptors (Lipinski definition) is 6. The van der Waals surface area contributed by atoms with Gasteiger partial charge in [-0.05, 0) is 56.1 Å². The predicted molar refractivity (Wildman–Crippen MR) is 136 cm³/mol. The first kappa shape index (κ1) is 28.8. The monoisotopic (exact) mass is 579 g/mol. The molecule has 2 aliphatic carbocycles. The minimum Gasteiger partial charge on any atom is -0.365 e. The minimum atomic E-state index is -4.42. The quantitative estimate of drug-likeness (QED) is 0.351. The summed E-state index contributed by atoms with van der Waals surface area (Å²) in [7, 11) is 0. The maximum Gasteiger partial charge on any atom is 0.389 e. The number of nitrogens with zero attached hydrogens (tertiary/aromatic N) is 5. The fraction of sp³-hybridized carbons (Fsp3) is 0.556. The number of amides is 2. The number of halogens is 5. The van der Waals surface area contributed by atoms with Crippen molar-refractivity contribution in [3.63, 3.8) is 0 Å². The van der Waals surface area contributed by atoms with Crippen LogP contribution in [0.5, 0.6) is 0 Å². The largest absolute Gasteiger partial charge is 0.389 e. The van der Waals surface area contributed by atoms with Crippen LogP contribution in [0.3, 0.4) is 0 Å². The molecule has 0 bridgehead atoms. The lowest BCUT2D eigenvalue weighted by molar-refractivity contribution is -0.144. The SMILES string of the molecule is Cc1nc([C@H](c2cn3ncc([C@H](NC(=O)CCC(F)(F)F)C4CC4)cc3n2)C2CCC(F)(F)CC2)ncc1C(N)=O. The van der Waals surface area contributed by atoms with Crippen LogP contribution < -0.4 is 11.1 Å². The first-order valence-electron chi connectivity index (χ1n) is 13.5. The number of imidazole rings is 1. The maximum atomic E-state index is 14.0. The second-order valence-corrected chi connectivity index (χ2v) is 11.0. The molecule has 0 spiro atoms. The molecule has 0 aromatic carbocycles. The van der Waals surface area contributed by atoms with E-state index in [1.807, 2.05) is 0 Å². The first-order chi connectivity index (χ1) is 19.3. The van der Waals surface area contributed by atoms with Crippen molar-refractivity contribution in [2.24, 2.45) is 17.6 Å². The molecule has 2 aliphatic rings. The maximum absolute atomic E-state index is 14.0. The summed E-state index contributed by atoms with van der Waals surface area (Å²) in [6, 6.07) is 1.22. The van der Waals surface area contributed by atoms with Gasteiger partial charge in [-0.3, -0.25) is 9.59 Å². The molecular formula is C27H30F5N7O2. The predicted octanol–water partition coefficient (Wildman–Crippen LogP) is 4.79. The van der Waals surface area contributed by atoms with Crippen LogP contribution in [0.25, 0.3) is 5.65 Å². The highest BCUT2D eigenvalue weighted by atomic mass is 19.4. The van der Waals surface area contributed by atoms with Gasteiger partial charge in [0.15, 0.2) is 5.65 Å². The molecule has 0 aliphatic heterocycles. The summed E-state index contributed by atoms with van der Waals surface area (Å²) in [5.41, 5.74) is 7.47. The van der Waals surface area contributed by atoms with E-state index in [1.54, 1.807) is 25.4 Å². The van der Waals surface area contributed by atoms with Gasteiger partial charge in [0.2, 0.25) is 11.8 Å². The Bertz CT molecular complexity index is 1440. The third-order valence-electron chi connectivity index (χ3n) is 7.86. The van der Waals surface area contributed by atoms with Crippen LogP contribution in [-0.2, 0) is 4.79 Å². The van der Waals surface area contributed by atoms with Gasteiger partial charge >= 0.3 is 6.18 Å². The van der Waals surface area contributed by atoms with Crippen LogP contribution in [0.15, 0.2) is 24.7 Å². The van der Waals surface area contributed by atoms with E-state index in [-0.39, 0.29) is 43.1 Å². The minimum absolute atomic E-state index is 0.0836. The lowest BCUT2D eigenvalue weighted by Gasteiger charge is -2.32. The number of aryl methyl sites for hydroxylation is 1. The fourth-order valence-corrected chi connectivity index (χ4v) is 5.49. The van der Waals surface area contributed by atoms with E-state index in [0.717, 1.165) is 12.8 Å². The summed E-state index contributed by atoms with van der Waals surface area (Å²) in [6.07, 6.45) is -0.211. The summed E-state index contributed by atoms with van der Waals surface area (Å²) in [6.45, 7) is 1.62. The van der Waals surface area contributed by atoms with E-state index in [9.17, 15) is 31.5 Å². The molecule has 2 saturated carbocycles. The zero-order chi connectivity index (χ0) is 29.5. The number of alkyl halides is 5. The Labute approximate surface area is 232 Å². The Morgan fingerprint density at radius 2 is 1.83 bits per heavy atom. The zero-order valence-electron chi connectivity index (χ0n) is 22.3. The van der Waals surface area contributed by atoms with Crippen molar-refractivity contribution in [3.8, 4) is 0 Å². The molecule has 0 radical (unpaired) electrons. The molecule has 3 N–H and O–H groups in total. The highest BCUT2D eigenvalue weighted by Crippen LogP contribution is 2.44. The molecule has 3 aromatic rings. The van der Waals surface area contributed by atoms with Gasteiger partial charge in [-0.1, -0.05) is 0 Å². The zero-order valence-corrected chi connectivity index (χ0v) is 22.3. The Morgan fingerprint density at radius 1 is 1.12 bits per heavy atom. The molecule has 9 nitrogen and oxygen atoms in total. The number of nitrogens with two attached hydrogens (primary N) is 1. The normalized spacial score (nSPS) is 19.2. The van der Waals surface area contributed by atoms with Crippen molar-refractivity contribution in [2.75, 3.05) is 0 Å². The van der Waals surface area contributed by atoms with Crippen molar-refractivity contribution >= 4 is 17.5 Å². The number of rotatable bonds is 9. The second kappa shape index (κ2) is 10.9. The molecule has 3 heterocycles. The molecule has 2 amide bonds. The van der Waals surface area contributed by atoms with E-state index < -0.39 is 48.7 Å². The standard InChI is InChI=1S/C27H30F5N7O2/c1-14-18(24(33)41)12-34-25(36-14)22(15-4-7-26(28,29)8-5-15)19-13-39-20(37-19)10-17(11-35-39)23(16-2-3-16)38-21(40)6-9-27(30,31)32/h10-13,15-16,22-23H,2-9H2,1H3,(H2,33,41)(H,38,40)/t22-,23+/m0/s1. The van der Waals surface area contributed by atoms with Gasteiger partial charge < -0.3 is 11.1 Å². The number of hydrogen-bond donors (Lipinski definition) is 2. The van der Waals surface area contributed by atoms with Crippen LogP contribution in [-0.4, -0.2) is 48.5 Å². The van der Waals surface area contributed by atoms with Crippen LogP contribution in [0, 0.1) is 18.8 Å². The van der Waals surface area contributed by atoms with Crippen molar-refractivity contribution in [2.45, 2.75) is 82.3 Å². The Balaban J connectivity index is 1.45. The Morgan fingerprint density at radius 3 is 2.44 bits per heavy atom. The van der Waals surface area contributed by atoms with E-state index >= 15 is 0 Å². The van der Waals surface area contributed by atoms with E-state index in [0.29, 0.717) is 28.4 Å². The number of fused-ring (bicyclic) bond motifs is 1. The molecule has 0 unspecified atom stereocenters. The fourth-order valence-electron chi connectivity index (χ4n) is 5.49. The summed E-state index contributed by atoms with van der Waals surface area (Å²) in [5.74, 6) is -4.50. The molecule has 220 valence electrons. The lowest BCUT2D eigenvalue weighted by Crippen LogP contribution is -2.30. The number of carbonyl (C=O) groups excluding carboxylic acids is 2. The molecule has 41 heavy (non-hydrogen) atoms. The van der Waals surface area contributed by atoms with Gasteiger partial charge in [-0.25, -0.2) is 28.2 Å². The highest BCUT2D eigenvalue weighted by molar-refractivity contribution is 5.93. The van der Waals surface area contributed by atoms with Crippen molar-refractivity contribution in [1.29, 1.82) is 0 Å². The van der Waals surface area contributed by atoms with Gasteiger partial charge in [0.1, 0.15) is 5.82 Å². The second-order valence-electron chi connectivity index (χ2n) is 11.0. The van der Waals surface area contributed by atoms with E-state index in [1.165, 1.54) is 10.7 Å². The van der Waals surface area contributed by atoms with Gasteiger partial charge in [-0.2, -0.15) is 18.3 Å². The summed E-state index contributed by atoms with van der Waals surface area (Å²) in [5, 5.41) is 7.15. The van der Waals surface area contributed by atoms with Gasteiger partial charge in [0.25, 0.3) is 5.91 Å². The summed E-state index contributed by atoms with van der Waals surface area (Å²) >= 11 is 0. The van der Waals surface area contributed by atoms with Crippen molar-refractivity contribution in [1.82, 2.24) is 29.9 Å². The molecule has 5 rings (SSSR count). The molecule has 2 atom stereocenters. The van der Waals surface area contributed by atoms with Gasteiger partial charge in [0.05, 0.1) is 47.7 Å². The third-order valence-corrected chi connectivity index (χ3v) is 7.86. The van der Waals surface area contributed by atoms with Gasteiger partial charge in [0, 0.05) is 25.5 Å². The lowest BCUT2D eigenvalue weighted by atomic mass is 9.77.